The van der Waals surface area contributed by atoms with Crippen molar-refractivity contribution in [2.75, 3.05) is 62.7 Å². The number of likely N-dealkylation sites (tertiary alicyclic amines) is 1. The highest BCUT2D eigenvalue weighted by Crippen LogP contribution is 2.21. The third-order valence-electron chi connectivity index (χ3n) is 6.95. The van der Waals surface area contributed by atoms with E-state index in [-0.39, 0.29) is 11.8 Å². The summed E-state index contributed by atoms with van der Waals surface area (Å²) in [5, 5.41) is 3.05. The maximum absolute atomic E-state index is 12.8. The Bertz CT molecular complexity index is 936. The zero-order valence-corrected chi connectivity index (χ0v) is 20.8. The van der Waals surface area contributed by atoms with Gasteiger partial charge in [-0.25, -0.2) is 0 Å². The summed E-state index contributed by atoms with van der Waals surface area (Å²) >= 11 is 0. The number of anilines is 2. The standard InChI is InChI=1S/C28H38N4O3/c1-2-15-30(26-12-16-32(17-13-26)28(34)23-6-4-3-5-7-23)18-14-27(33)29-24-8-10-25(11-9-24)31-19-21-35-22-20-31/h3-11,26H,2,12-22H2,1H3,(H,29,33). The first-order valence-electron chi connectivity index (χ1n) is 12.9. The molecule has 0 aromatic heterocycles. The molecule has 2 fully saturated rings. The number of carbonyl (C=O) groups is 2. The molecule has 2 aliphatic rings. The van der Waals surface area contributed by atoms with Gasteiger partial charge in [-0.2, -0.15) is 0 Å². The van der Waals surface area contributed by atoms with Gasteiger partial charge in [-0.3, -0.25) is 14.5 Å². The molecule has 2 amide bonds. The number of hydrogen-bond donors (Lipinski definition) is 1. The zero-order valence-electron chi connectivity index (χ0n) is 20.8. The van der Waals surface area contributed by atoms with Gasteiger partial charge in [0.2, 0.25) is 5.91 Å². The number of nitrogens with one attached hydrogen (secondary N) is 1. The number of piperidine rings is 1. The van der Waals surface area contributed by atoms with Gasteiger partial charge in [-0.05, 0) is 62.2 Å². The van der Waals surface area contributed by atoms with Crippen LogP contribution in [-0.4, -0.2) is 80.1 Å². The summed E-state index contributed by atoms with van der Waals surface area (Å²) in [5.74, 6) is 0.159. The van der Waals surface area contributed by atoms with Crippen LogP contribution in [0.1, 0.15) is 43.0 Å². The van der Waals surface area contributed by atoms with Gasteiger partial charge in [0.1, 0.15) is 0 Å². The summed E-state index contributed by atoms with van der Waals surface area (Å²) in [7, 11) is 0. The molecule has 0 bridgehead atoms. The van der Waals surface area contributed by atoms with E-state index in [2.05, 4.69) is 34.2 Å². The van der Waals surface area contributed by atoms with Gasteiger partial charge in [-0.1, -0.05) is 25.1 Å². The lowest BCUT2D eigenvalue weighted by Crippen LogP contribution is -2.47. The van der Waals surface area contributed by atoms with Crippen molar-refractivity contribution in [2.24, 2.45) is 0 Å². The second kappa shape index (κ2) is 12.7. The quantitative estimate of drug-likeness (QED) is 0.593. The molecule has 0 atom stereocenters. The van der Waals surface area contributed by atoms with Crippen LogP contribution >= 0.6 is 0 Å². The van der Waals surface area contributed by atoms with E-state index in [1.807, 2.05) is 47.4 Å². The summed E-state index contributed by atoms with van der Waals surface area (Å²) < 4.78 is 5.42. The molecular formula is C28H38N4O3. The Labute approximate surface area is 209 Å². The van der Waals surface area contributed by atoms with Crippen molar-refractivity contribution in [3.8, 4) is 0 Å². The molecule has 2 aliphatic heterocycles. The molecule has 0 radical (unpaired) electrons. The van der Waals surface area contributed by atoms with Gasteiger partial charge in [-0.15, -0.1) is 0 Å². The molecule has 0 saturated carbocycles. The van der Waals surface area contributed by atoms with E-state index in [0.717, 1.165) is 88.7 Å². The molecule has 2 saturated heterocycles. The number of rotatable bonds is 9. The zero-order chi connectivity index (χ0) is 24.5. The maximum atomic E-state index is 12.8. The van der Waals surface area contributed by atoms with Crippen LogP contribution in [0.25, 0.3) is 0 Å². The average molecular weight is 479 g/mol. The van der Waals surface area contributed by atoms with Gasteiger partial charge in [0.05, 0.1) is 13.2 Å². The lowest BCUT2D eigenvalue weighted by atomic mass is 10.0. The summed E-state index contributed by atoms with van der Waals surface area (Å²) in [4.78, 5) is 32.1. The van der Waals surface area contributed by atoms with E-state index < -0.39 is 0 Å². The molecule has 188 valence electrons. The van der Waals surface area contributed by atoms with Crippen LogP contribution in [0.4, 0.5) is 11.4 Å². The van der Waals surface area contributed by atoms with Crippen LogP contribution in [0.3, 0.4) is 0 Å². The molecule has 2 aromatic rings. The fourth-order valence-corrected chi connectivity index (χ4v) is 5.01. The Hall–Kier alpha value is -2.90. The van der Waals surface area contributed by atoms with Crippen molar-refractivity contribution < 1.29 is 14.3 Å². The highest BCUT2D eigenvalue weighted by atomic mass is 16.5. The lowest BCUT2D eigenvalue weighted by Gasteiger charge is -2.38. The average Bonchev–Trinajstić information content (AvgIpc) is 2.92. The second-order valence-corrected chi connectivity index (χ2v) is 9.37. The van der Waals surface area contributed by atoms with Gasteiger partial charge in [0.15, 0.2) is 0 Å². The molecule has 7 nitrogen and oxygen atoms in total. The van der Waals surface area contributed by atoms with Crippen LogP contribution in [0.2, 0.25) is 0 Å². The van der Waals surface area contributed by atoms with Crippen LogP contribution < -0.4 is 10.2 Å². The number of nitrogens with zero attached hydrogens (tertiary/aromatic N) is 3. The topological polar surface area (TPSA) is 65.1 Å². The fourth-order valence-electron chi connectivity index (χ4n) is 5.01. The van der Waals surface area contributed by atoms with E-state index in [0.29, 0.717) is 12.5 Å². The Kier molecular flexibility index (Phi) is 9.15. The minimum atomic E-state index is 0.0434. The number of benzene rings is 2. The van der Waals surface area contributed by atoms with E-state index in [1.54, 1.807) is 0 Å². The lowest BCUT2D eigenvalue weighted by molar-refractivity contribution is -0.116. The first kappa shape index (κ1) is 25.2. The van der Waals surface area contributed by atoms with Crippen LogP contribution in [-0.2, 0) is 9.53 Å². The molecule has 0 aliphatic carbocycles. The third-order valence-corrected chi connectivity index (χ3v) is 6.95. The van der Waals surface area contributed by atoms with Crippen LogP contribution in [0.15, 0.2) is 54.6 Å². The molecule has 0 unspecified atom stereocenters. The van der Waals surface area contributed by atoms with Crippen molar-refractivity contribution >= 4 is 23.2 Å². The third kappa shape index (κ3) is 7.05. The maximum Gasteiger partial charge on any atom is 0.253 e. The van der Waals surface area contributed by atoms with Crippen LogP contribution in [0.5, 0.6) is 0 Å². The van der Waals surface area contributed by atoms with E-state index in [4.69, 9.17) is 4.74 Å². The molecule has 7 heteroatoms. The number of ether oxygens (including phenoxy) is 1. The molecule has 4 rings (SSSR count). The summed E-state index contributed by atoms with van der Waals surface area (Å²) in [6, 6.07) is 18.0. The number of carbonyl (C=O) groups excluding carboxylic acids is 2. The Balaban J connectivity index is 1.23. The monoisotopic (exact) mass is 478 g/mol. The minimum Gasteiger partial charge on any atom is -0.378 e. The number of amides is 2. The predicted octanol–water partition coefficient (Wildman–Crippen LogP) is 3.87. The Morgan fingerprint density at radius 1 is 0.943 bits per heavy atom. The normalized spacial score (nSPS) is 17.0. The first-order valence-corrected chi connectivity index (χ1v) is 12.9. The van der Waals surface area contributed by atoms with Crippen LogP contribution in [0, 0.1) is 0 Å². The van der Waals surface area contributed by atoms with Crippen molar-refractivity contribution in [3.63, 3.8) is 0 Å². The predicted molar refractivity (Wildman–Crippen MR) is 140 cm³/mol. The molecule has 0 spiro atoms. The summed E-state index contributed by atoms with van der Waals surface area (Å²) in [6.07, 6.45) is 3.41. The van der Waals surface area contributed by atoms with E-state index in [9.17, 15) is 9.59 Å². The molecule has 2 heterocycles. The largest absolute Gasteiger partial charge is 0.378 e. The molecule has 1 N–H and O–H groups in total. The SMILES string of the molecule is CCCN(CCC(=O)Nc1ccc(N2CCOCC2)cc1)C1CCN(C(=O)c2ccccc2)CC1. The number of hydrogen-bond acceptors (Lipinski definition) is 5. The van der Waals surface area contributed by atoms with E-state index >= 15 is 0 Å². The van der Waals surface area contributed by atoms with Crippen molar-refractivity contribution in [1.29, 1.82) is 0 Å². The minimum absolute atomic E-state index is 0.0434. The van der Waals surface area contributed by atoms with Crippen molar-refractivity contribution in [3.05, 3.63) is 60.2 Å². The Morgan fingerprint density at radius 3 is 2.29 bits per heavy atom. The molecule has 35 heavy (non-hydrogen) atoms. The molecule has 2 aromatic carbocycles. The summed E-state index contributed by atoms with van der Waals surface area (Å²) in [6.45, 7) is 8.74. The highest BCUT2D eigenvalue weighted by molar-refractivity contribution is 5.94. The van der Waals surface area contributed by atoms with E-state index in [1.165, 1.54) is 0 Å². The fraction of sp³-hybridized carbons (Fsp3) is 0.500. The molecular weight excluding hydrogens is 440 g/mol. The van der Waals surface area contributed by atoms with Gasteiger partial charge in [0, 0.05) is 62.1 Å². The highest BCUT2D eigenvalue weighted by Gasteiger charge is 2.27. The first-order chi connectivity index (χ1) is 17.1. The Morgan fingerprint density at radius 2 is 1.63 bits per heavy atom. The summed E-state index contributed by atoms with van der Waals surface area (Å²) in [5.41, 5.74) is 2.75. The number of morpholine rings is 1. The van der Waals surface area contributed by atoms with Gasteiger partial charge >= 0.3 is 0 Å². The van der Waals surface area contributed by atoms with Gasteiger partial charge < -0.3 is 19.9 Å². The second-order valence-electron chi connectivity index (χ2n) is 9.37. The van der Waals surface area contributed by atoms with Gasteiger partial charge in [0.25, 0.3) is 5.91 Å². The smallest absolute Gasteiger partial charge is 0.253 e. The van der Waals surface area contributed by atoms with Crippen molar-refractivity contribution in [2.45, 2.75) is 38.6 Å². The van der Waals surface area contributed by atoms with Crippen molar-refractivity contribution in [1.82, 2.24) is 9.80 Å².